The molecule has 0 atom stereocenters. The van der Waals surface area contributed by atoms with E-state index in [9.17, 15) is 4.79 Å². The van der Waals surface area contributed by atoms with Crippen LogP contribution in [0.25, 0.3) is 44.6 Å². The Labute approximate surface area is 199 Å². The molecular formula is C28H17N5O2. The van der Waals surface area contributed by atoms with E-state index < -0.39 is 0 Å². The van der Waals surface area contributed by atoms with Crippen molar-refractivity contribution in [3.8, 4) is 28.8 Å². The molecule has 166 valence electrons. The van der Waals surface area contributed by atoms with Gasteiger partial charge in [-0.3, -0.25) is 9.89 Å². The lowest BCUT2D eigenvalue weighted by Gasteiger charge is -2.07. The van der Waals surface area contributed by atoms with E-state index in [1.165, 1.54) is 0 Å². The summed E-state index contributed by atoms with van der Waals surface area (Å²) in [5.74, 6) is 0.197. The molecule has 0 saturated heterocycles. The number of fused-ring (bicyclic) bond motifs is 2. The summed E-state index contributed by atoms with van der Waals surface area (Å²) in [6.07, 6.45) is 1.76. The number of rotatable bonds is 4. The highest BCUT2D eigenvalue weighted by Gasteiger charge is 2.17. The zero-order valence-electron chi connectivity index (χ0n) is 18.3. The first kappa shape index (κ1) is 20.4. The number of benzene rings is 4. The largest absolute Gasteiger partial charge is 0.436 e. The summed E-state index contributed by atoms with van der Waals surface area (Å²) in [7, 11) is 0. The fourth-order valence-electron chi connectivity index (χ4n) is 4.05. The molecule has 0 unspecified atom stereocenters. The molecule has 0 saturated carbocycles. The molecule has 7 nitrogen and oxygen atoms in total. The fraction of sp³-hybridized carbons (Fsp3) is 0. The van der Waals surface area contributed by atoms with Crippen LogP contribution in [-0.2, 0) is 0 Å². The van der Waals surface area contributed by atoms with E-state index in [1.807, 2.05) is 54.6 Å². The van der Waals surface area contributed by atoms with E-state index >= 15 is 0 Å². The number of nitrogens with one attached hydrogen (secondary N) is 2. The lowest BCUT2D eigenvalue weighted by Crippen LogP contribution is -2.11. The summed E-state index contributed by atoms with van der Waals surface area (Å²) >= 11 is 0. The number of nitrogens with zero attached hydrogens (tertiary/aromatic N) is 3. The van der Waals surface area contributed by atoms with Gasteiger partial charge in [-0.15, -0.1) is 0 Å². The van der Waals surface area contributed by atoms with Crippen molar-refractivity contribution >= 4 is 33.5 Å². The van der Waals surface area contributed by atoms with Crippen molar-refractivity contribution < 1.29 is 9.21 Å². The molecular weight excluding hydrogens is 438 g/mol. The Balaban J connectivity index is 1.28. The lowest BCUT2D eigenvalue weighted by atomic mass is 10.1. The smallest absolute Gasteiger partial charge is 0.255 e. The van der Waals surface area contributed by atoms with Crippen LogP contribution in [-0.4, -0.2) is 21.1 Å². The summed E-state index contributed by atoms with van der Waals surface area (Å²) in [6.45, 7) is 0. The minimum Gasteiger partial charge on any atom is -0.436 e. The molecule has 2 heterocycles. The van der Waals surface area contributed by atoms with Gasteiger partial charge in [0.1, 0.15) is 11.2 Å². The van der Waals surface area contributed by atoms with Crippen molar-refractivity contribution in [2.75, 3.05) is 5.32 Å². The van der Waals surface area contributed by atoms with Gasteiger partial charge in [-0.1, -0.05) is 42.5 Å². The molecule has 6 aromatic rings. The second kappa shape index (κ2) is 8.28. The molecule has 6 rings (SSSR count). The van der Waals surface area contributed by atoms with Crippen LogP contribution in [0.3, 0.4) is 0 Å². The van der Waals surface area contributed by atoms with E-state index in [4.69, 9.17) is 9.68 Å². The quantitative estimate of drug-likeness (QED) is 0.331. The number of anilines is 1. The maximum atomic E-state index is 12.5. The van der Waals surface area contributed by atoms with Crippen LogP contribution in [0.4, 0.5) is 5.69 Å². The summed E-state index contributed by atoms with van der Waals surface area (Å²) in [5.41, 5.74) is 5.27. The average Bonchev–Trinajstić information content (AvgIpc) is 3.54. The lowest BCUT2D eigenvalue weighted by molar-refractivity contribution is 0.102. The Morgan fingerprint density at radius 1 is 0.943 bits per heavy atom. The Morgan fingerprint density at radius 2 is 1.74 bits per heavy atom. The van der Waals surface area contributed by atoms with Gasteiger partial charge in [0.15, 0.2) is 5.58 Å². The second-order valence-electron chi connectivity index (χ2n) is 8.06. The van der Waals surface area contributed by atoms with Gasteiger partial charge < -0.3 is 9.73 Å². The van der Waals surface area contributed by atoms with Crippen LogP contribution < -0.4 is 5.32 Å². The predicted octanol–water partition coefficient (Wildman–Crippen LogP) is 6.16. The number of aromatic nitrogens is 3. The van der Waals surface area contributed by atoms with E-state index in [1.54, 1.807) is 42.6 Å². The molecule has 0 spiro atoms. The highest BCUT2D eigenvalue weighted by atomic mass is 16.3. The van der Waals surface area contributed by atoms with Gasteiger partial charge >= 0.3 is 0 Å². The topological polar surface area (TPSA) is 108 Å². The average molecular weight is 455 g/mol. The van der Waals surface area contributed by atoms with Crippen LogP contribution in [0.1, 0.15) is 15.9 Å². The number of hydrogen-bond acceptors (Lipinski definition) is 5. The van der Waals surface area contributed by atoms with E-state index in [-0.39, 0.29) is 5.91 Å². The van der Waals surface area contributed by atoms with Gasteiger partial charge in [0, 0.05) is 23.0 Å². The van der Waals surface area contributed by atoms with E-state index in [0.29, 0.717) is 34.0 Å². The Hall–Kier alpha value is -5.22. The molecule has 35 heavy (non-hydrogen) atoms. The number of oxazole rings is 1. The number of carbonyl (C=O) groups is 1. The number of H-pyrrole nitrogens is 1. The first-order valence-electron chi connectivity index (χ1n) is 10.9. The minimum absolute atomic E-state index is 0.283. The normalized spacial score (nSPS) is 10.9. The SMILES string of the molecule is N#Cc1cccc(C(=O)Nc2ccc(-c3n[nH]cc3-c3nc4cc5ccccc5cc4o3)cc2)c1. The number of hydrogen-bond donors (Lipinski definition) is 2. The molecule has 7 heteroatoms. The highest BCUT2D eigenvalue weighted by Crippen LogP contribution is 2.33. The van der Waals surface area contributed by atoms with Crippen LogP contribution in [0.5, 0.6) is 0 Å². The van der Waals surface area contributed by atoms with Crippen LogP contribution in [0, 0.1) is 11.3 Å². The van der Waals surface area contributed by atoms with Crippen molar-refractivity contribution in [1.29, 1.82) is 5.26 Å². The van der Waals surface area contributed by atoms with Gasteiger partial charge in [-0.05, 0) is 53.2 Å². The Morgan fingerprint density at radius 3 is 2.54 bits per heavy atom. The van der Waals surface area contributed by atoms with Crippen molar-refractivity contribution in [3.63, 3.8) is 0 Å². The van der Waals surface area contributed by atoms with Crippen molar-refractivity contribution in [3.05, 3.63) is 102 Å². The van der Waals surface area contributed by atoms with Gasteiger partial charge in [-0.2, -0.15) is 10.4 Å². The van der Waals surface area contributed by atoms with Gasteiger partial charge in [0.25, 0.3) is 5.91 Å². The van der Waals surface area contributed by atoms with Gasteiger partial charge in [0.2, 0.25) is 5.89 Å². The van der Waals surface area contributed by atoms with Crippen molar-refractivity contribution in [2.45, 2.75) is 0 Å². The van der Waals surface area contributed by atoms with Crippen molar-refractivity contribution in [1.82, 2.24) is 15.2 Å². The first-order chi connectivity index (χ1) is 17.2. The van der Waals surface area contributed by atoms with Crippen LogP contribution >= 0.6 is 0 Å². The Kier molecular flexibility index (Phi) is 4.83. The van der Waals surface area contributed by atoms with Gasteiger partial charge in [0.05, 0.1) is 17.2 Å². The van der Waals surface area contributed by atoms with E-state index in [0.717, 1.165) is 27.4 Å². The molecule has 0 aliphatic rings. The molecule has 1 amide bonds. The number of aromatic amines is 1. The molecule has 0 aliphatic heterocycles. The summed E-state index contributed by atoms with van der Waals surface area (Å²) in [5, 5.41) is 21.4. The third-order valence-corrected chi connectivity index (χ3v) is 5.80. The van der Waals surface area contributed by atoms with E-state index in [2.05, 4.69) is 20.5 Å². The second-order valence-corrected chi connectivity index (χ2v) is 8.06. The molecule has 2 N–H and O–H groups in total. The first-order valence-corrected chi connectivity index (χ1v) is 10.9. The number of carbonyl (C=O) groups excluding carboxylic acids is 1. The van der Waals surface area contributed by atoms with Crippen molar-refractivity contribution in [2.24, 2.45) is 0 Å². The van der Waals surface area contributed by atoms with Crippen LogP contribution in [0.15, 0.2) is 95.5 Å². The summed E-state index contributed by atoms with van der Waals surface area (Å²) < 4.78 is 6.08. The molecule has 4 aromatic carbocycles. The minimum atomic E-state index is -0.283. The fourth-order valence-corrected chi connectivity index (χ4v) is 4.05. The monoisotopic (exact) mass is 455 g/mol. The van der Waals surface area contributed by atoms with Gasteiger partial charge in [-0.25, -0.2) is 4.98 Å². The van der Waals surface area contributed by atoms with Crippen LogP contribution in [0.2, 0.25) is 0 Å². The molecule has 2 aromatic heterocycles. The molecule has 0 radical (unpaired) electrons. The highest BCUT2D eigenvalue weighted by molar-refractivity contribution is 6.04. The standard InChI is InChI=1S/C28H17N5O2/c29-15-17-4-3-7-21(12-17)27(34)31-22-10-8-18(9-11-22)26-23(16-30-33-26)28-32-24-13-19-5-1-2-6-20(19)14-25(24)35-28/h1-14,16H,(H,30,33)(H,31,34). The molecule has 0 fully saturated rings. The zero-order valence-corrected chi connectivity index (χ0v) is 18.3. The zero-order chi connectivity index (χ0) is 23.8. The molecule has 0 bridgehead atoms. The summed E-state index contributed by atoms with van der Waals surface area (Å²) in [6, 6.07) is 28.1. The predicted molar refractivity (Wildman–Crippen MR) is 134 cm³/mol. The summed E-state index contributed by atoms with van der Waals surface area (Å²) in [4.78, 5) is 17.2. The maximum Gasteiger partial charge on any atom is 0.255 e. The molecule has 0 aliphatic carbocycles. The Bertz CT molecular complexity index is 1700. The maximum absolute atomic E-state index is 12.5. The third kappa shape index (κ3) is 3.79. The number of amides is 1. The number of nitriles is 1. The third-order valence-electron chi connectivity index (χ3n) is 5.80.